The summed E-state index contributed by atoms with van der Waals surface area (Å²) >= 11 is 13.4. The van der Waals surface area contributed by atoms with Gasteiger partial charge in [-0.1, -0.05) is 53.2 Å². The van der Waals surface area contributed by atoms with E-state index in [-0.39, 0.29) is 24.0 Å². The third-order valence-electron chi connectivity index (χ3n) is 4.92. The van der Waals surface area contributed by atoms with Crippen molar-refractivity contribution in [1.82, 2.24) is 5.32 Å². The van der Waals surface area contributed by atoms with Crippen LogP contribution in [-0.2, 0) is 9.59 Å². The monoisotopic (exact) mass is 459 g/mol. The number of carbonyl (C=O) groups is 2. The normalized spacial score (nSPS) is 16.1. The number of rotatable bonds is 5. The quantitative estimate of drug-likeness (QED) is 0.633. The van der Waals surface area contributed by atoms with Gasteiger partial charge in [-0.05, 0) is 48.7 Å². The number of nitriles is 1. The lowest BCUT2D eigenvalue weighted by atomic mass is 9.87. The summed E-state index contributed by atoms with van der Waals surface area (Å²) in [4.78, 5) is 24.7. The molecule has 1 aliphatic heterocycles. The van der Waals surface area contributed by atoms with Crippen LogP contribution in [0.2, 0.25) is 10.0 Å². The van der Waals surface area contributed by atoms with Gasteiger partial charge in [0.15, 0.2) is 0 Å². The highest BCUT2D eigenvalue weighted by Crippen LogP contribution is 2.39. The molecule has 0 saturated carbocycles. The summed E-state index contributed by atoms with van der Waals surface area (Å²) in [6, 6.07) is 12.9. The molecule has 2 aromatic carbocycles. The van der Waals surface area contributed by atoms with Crippen molar-refractivity contribution in [2.45, 2.75) is 26.2 Å². The van der Waals surface area contributed by atoms with Crippen LogP contribution in [0, 0.1) is 25.2 Å². The smallest absolute Gasteiger partial charge is 0.234 e. The summed E-state index contributed by atoms with van der Waals surface area (Å²) in [5, 5.41) is 16.6. The highest BCUT2D eigenvalue weighted by atomic mass is 35.5. The molecule has 0 radical (unpaired) electrons. The highest BCUT2D eigenvalue weighted by molar-refractivity contribution is 8.03. The second-order valence-electron chi connectivity index (χ2n) is 6.91. The van der Waals surface area contributed by atoms with Gasteiger partial charge in [0.1, 0.15) is 0 Å². The molecule has 0 bridgehead atoms. The fourth-order valence-corrected chi connectivity index (χ4v) is 4.61. The molecule has 3 rings (SSSR count). The second kappa shape index (κ2) is 9.57. The van der Waals surface area contributed by atoms with E-state index in [9.17, 15) is 14.9 Å². The third kappa shape index (κ3) is 4.99. The van der Waals surface area contributed by atoms with Crippen LogP contribution in [0.1, 0.15) is 29.0 Å². The first-order valence-corrected chi connectivity index (χ1v) is 10.9. The Labute approximate surface area is 189 Å². The van der Waals surface area contributed by atoms with Crippen molar-refractivity contribution in [2.24, 2.45) is 0 Å². The van der Waals surface area contributed by atoms with E-state index in [1.807, 2.05) is 32.0 Å². The fourth-order valence-electron chi connectivity index (χ4n) is 3.19. The van der Waals surface area contributed by atoms with E-state index in [0.717, 1.165) is 28.6 Å². The molecule has 8 heteroatoms. The number of nitrogens with zero attached hydrogens (tertiary/aromatic N) is 1. The van der Waals surface area contributed by atoms with Crippen LogP contribution in [-0.4, -0.2) is 17.6 Å². The average molecular weight is 460 g/mol. The Bertz CT molecular complexity index is 1090. The van der Waals surface area contributed by atoms with E-state index in [2.05, 4.69) is 16.7 Å². The number of amides is 2. The minimum atomic E-state index is -0.488. The number of carbonyl (C=O) groups excluding carboxylic acids is 2. The van der Waals surface area contributed by atoms with Gasteiger partial charge in [-0.2, -0.15) is 5.26 Å². The van der Waals surface area contributed by atoms with Crippen molar-refractivity contribution in [3.63, 3.8) is 0 Å². The molecule has 0 fully saturated rings. The molecule has 0 spiro atoms. The van der Waals surface area contributed by atoms with Crippen molar-refractivity contribution in [3.8, 4) is 6.07 Å². The first-order valence-electron chi connectivity index (χ1n) is 9.18. The molecule has 0 aliphatic carbocycles. The van der Waals surface area contributed by atoms with Gasteiger partial charge in [-0.25, -0.2) is 0 Å². The zero-order valence-corrected chi connectivity index (χ0v) is 18.7. The Morgan fingerprint density at radius 3 is 2.77 bits per heavy atom. The number of anilines is 1. The van der Waals surface area contributed by atoms with E-state index in [1.54, 1.807) is 18.2 Å². The van der Waals surface area contributed by atoms with E-state index in [4.69, 9.17) is 23.2 Å². The molecule has 1 atom stereocenters. The first kappa shape index (κ1) is 22.2. The van der Waals surface area contributed by atoms with Crippen LogP contribution in [0.4, 0.5) is 5.69 Å². The third-order valence-corrected chi connectivity index (χ3v) is 6.50. The number of hydrogen-bond donors (Lipinski definition) is 2. The summed E-state index contributed by atoms with van der Waals surface area (Å²) in [7, 11) is 0. The van der Waals surface area contributed by atoms with Crippen molar-refractivity contribution in [3.05, 3.63) is 73.7 Å². The number of nitrogens with one attached hydrogen (secondary N) is 2. The number of thioether (sulfide) groups is 1. The molecule has 5 nitrogen and oxygen atoms in total. The van der Waals surface area contributed by atoms with Gasteiger partial charge in [-0.15, -0.1) is 0 Å². The summed E-state index contributed by atoms with van der Waals surface area (Å²) in [6.45, 7) is 3.92. The zero-order chi connectivity index (χ0) is 21.8. The van der Waals surface area contributed by atoms with Gasteiger partial charge in [0.05, 0.1) is 22.4 Å². The maximum absolute atomic E-state index is 12.5. The maximum atomic E-state index is 12.5. The SMILES string of the molecule is Cc1cccc(NC(=O)CSC2=C(C#N)C(c3ccc(Cl)cc3Cl)CC(=O)N2)c1C. The molecule has 0 saturated heterocycles. The minimum Gasteiger partial charge on any atom is -0.325 e. The molecule has 2 amide bonds. The van der Waals surface area contributed by atoms with Crippen LogP contribution in [0.25, 0.3) is 0 Å². The number of hydrogen-bond acceptors (Lipinski definition) is 4. The van der Waals surface area contributed by atoms with Crippen LogP contribution < -0.4 is 10.6 Å². The number of benzene rings is 2. The van der Waals surface area contributed by atoms with E-state index in [0.29, 0.717) is 26.2 Å². The molecule has 154 valence electrons. The van der Waals surface area contributed by atoms with Gasteiger partial charge in [-0.3, -0.25) is 9.59 Å². The van der Waals surface area contributed by atoms with Gasteiger partial charge in [0.25, 0.3) is 0 Å². The predicted molar refractivity (Wildman–Crippen MR) is 122 cm³/mol. The van der Waals surface area contributed by atoms with Crippen molar-refractivity contribution >= 4 is 52.5 Å². The number of allylic oxidation sites excluding steroid dienone is 1. The lowest BCUT2D eigenvalue weighted by Gasteiger charge is -2.25. The van der Waals surface area contributed by atoms with Crippen molar-refractivity contribution in [1.29, 1.82) is 5.26 Å². The summed E-state index contributed by atoms with van der Waals surface area (Å²) in [5.41, 5.74) is 3.86. The molecule has 1 heterocycles. The highest BCUT2D eigenvalue weighted by Gasteiger charge is 2.31. The molecular weight excluding hydrogens is 441 g/mol. The second-order valence-corrected chi connectivity index (χ2v) is 8.74. The Hall–Kier alpha value is -2.46. The minimum absolute atomic E-state index is 0.0508. The van der Waals surface area contributed by atoms with Gasteiger partial charge in [0.2, 0.25) is 11.8 Å². The average Bonchev–Trinajstić information content (AvgIpc) is 2.69. The van der Waals surface area contributed by atoms with E-state index in [1.165, 1.54) is 0 Å². The fraction of sp³-hybridized carbons (Fsp3) is 0.227. The van der Waals surface area contributed by atoms with E-state index >= 15 is 0 Å². The Kier molecular flexibility index (Phi) is 7.09. The summed E-state index contributed by atoms with van der Waals surface area (Å²) in [5.74, 6) is -0.894. The molecular formula is C22H19Cl2N3O2S. The lowest BCUT2D eigenvalue weighted by molar-refractivity contribution is -0.121. The molecule has 1 aliphatic rings. The molecule has 2 aromatic rings. The first-order chi connectivity index (χ1) is 14.3. The number of halogens is 2. The standard InChI is InChI=1S/C22H19Cl2N3O2S/c1-12-4-3-5-19(13(12)2)26-21(29)11-30-22-17(10-25)16(9-20(28)27-22)15-7-6-14(23)8-18(15)24/h3-8,16H,9,11H2,1-2H3,(H,26,29)(H,27,28). The Morgan fingerprint density at radius 1 is 1.30 bits per heavy atom. The van der Waals surface area contributed by atoms with Crippen LogP contribution in [0.3, 0.4) is 0 Å². The van der Waals surface area contributed by atoms with Crippen LogP contribution >= 0.6 is 35.0 Å². The summed E-state index contributed by atoms with van der Waals surface area (Å²) < 4.78 is 0. The molecule has 0 aromatic heterocycles. The Balaban J connectivity index is 1.80. The Morgan fingerprint density at radius 2 is 2.07 bits per heavy atom. The summed E-state index contributed by atoms with van der Waals surface area (Å²) in [6.07, 6.45) is 0.100. The van der Waals surface area contributed by atoms with Crippen LogP contribution in [0.5, 0.6) is 0 Å². The lowest BCUT2D eigenvalue weighted by Crippen LogP contribution is -2.31. The molecule has 30 heavy (non-hydrogen) atoms. The topological polar surface area (TPSA) is 82.0 Å². The van der Waals surface area contributed by atoms with Gasteiger partial charge < -0.3 is 10.6 Å². The predicted octanol–water partition coefficient (Wildman–Crippen LogP) is 5.32. The van der Waals surface area contributed by atoms with E-state index < -0.39 is 5.92 Å². The van der Waals surface area contributed by atoms with Crippen LogP contribution in [0.15, 0.2) is 47.0 Å². The van der Waals surface area contributed by atoms with Gasteiger partial charge >= 0.3 is 0 Å². The van der Waals surface area contributed by atoms with Crippen molar-refractivity contribution < 1.29 is 9.59 Å². The maximum Gasteiger partial charge on any atom is 0.234 e. The van der Waals surface area contributed by atoms with Gasteiger partial charge in [0, 0.05) is 28.1 Å². The largest absolute Gasteiger partial charge is 0.325 e. The molecule has 2 N–H and O–H groups in total. The number of aryl methyl sites for hydroxylation is 1. The van der Waals surface area contributed by atoms with Crippen molar-refractivity contribution in [2.75, 3.05) is 11.1 Å². The molecule has 1 unspecified atom stereocenters. The zero-order valence-electron chi connectivity index (χ0n) is 16.4.